The number of phenols is 2. The molecule has 0 atom stereocenters. The normalized spacial score (nSPS) is 8.55. The number of hydrogen-bond donors (Lipinski definition) is 2. The van der Waals surface area contributed by atoms with Gasteiger partial charge in [-0.1, -0.05) is 24.3 Å². The quantitative estimate of drug-likeness (QED) is 0.206. The summed E-state index contributed by atoms with van der Waals surface area (Å²) in [6.07, 6.45) is 0. The molecule has 0 aliphatic heterocycles. The zero-order valence-corrected chi connectivity index (χ0v) is 20.9. The number of aromatic hydroxyl groups is 2. The van der Waals surface area contributed by atoms with E-state index >= 15 is 0 Å². The van der Waals surface area contributed by atoms with Gasteiger partial charge in [0.25, 0.3) is 0 Å². The summed E-state index contributed by atoms with van der Waals surface area (Å²) in [4.78, 5) is 20.9. The van der Waals surface area contributed by atoms with Crippen LogP contribution in [0.1, 0.15) is 13.8 Å². The SMILES string of the molecule is CC(=O)Oc1ccccc1O.CC(=O)Oc1ccccc1O.[Zr+2].c1cc[cH-]c1.c1cc[cH-]c1. The first-order valence-corrected chi connectivity index (χ1v) is 9.66. The summed E-state index contributed by atoms with van der Waals surface area (Å²) in [5.41, 5.74) is 0. The molecule has 0 saturated heterocycles. The van der Waals surface area contributed by atoms with Gasteiger partial charge in [0.1, 0.15) is 0 Å². The number of ether oxygens (including phenoxy) is 2. The Hall–Kier alpha value is -3.44. The summed E-state index contributed by atoms with van der Waals surface area (Å²) >= 11 is 0. The molecule has 4 aromatic rings. The van der Waals surface area contributed by atoms with Crippen molar-refractivity contribution < 1.29 is 55.5 Å². The van der Waals surface area contributed by atoms with Crippen LogP contribution in [0.4, 0.5) is 0 Å². The van der Waals surface area contributed by atoms with Crippen LogP contribution in [0.25, 0.3) is 0 Å². The largest absolute Gasteiger partial charge is 2.00 e. The molecule has 33 heavy (non-hydrogen) atoms. The zero-order chi connectivity index (χ0) is 23.6. The number of phenolic OH excluding ortho intramolecular Hbond substituents is 2. The van der Waals surface area contributed by atoms with Crippen molar-refractivity contribution in [3.8, 4) is 23.0 Å². The van der Waals surface area contributed by atoms with Gasteiger partial charge in [-0.25, -0.2) is 24.3 Å². The Kier molecular flexibility index (Phi) is 16.3. The molecular weight excluding hydrogens is 500 g/mol. The average molecular weight is 526 g/mol. The van der Waals surface area contributed by atoms with Gasteiger partial charge in [-0.05, 0) is 24.3 Å². The minimum absolute atomic E-state index is 0. The first kappa shape index (κ1) is 29.6. The van der Waals surface area contributed by atoms with Crippen molar-refractivity contribution in [2.45, 2.75) is 13.8 Å². The molecule has 0 unspecified atom stereocenters. The van der Waals surface area contributed by atoms with E-state index in [4.69, 9.17) is 10.2 Å². The van der Waals surface area contributed by atoms with Gasteiger partial charge in [-0.2, -0.15) is 36.4 Å². The summed E-state index contributed by atoms with van der Waals surface area (Å²) in [6.45, 7) is 2.57. The Morgan fingerprint density at radius 3 is 1.12 bits per heavy atom. The van der Waals surface area contributed by atoms with E-state index < -0.39 is 11.9 Å². The molecule has 0 radical (unpaired) electrons. The van der Waals surface area contributed by atoms with Crippen LogP contribution >= 0.6 is 0 Å². The van der Waals surface area contributed by atoms with Crippen LogP contribution in [0.2, 0.25) is 0 Å². The van der Waals surface area contributed by atoms with Crippen molar-refractivity contribution >= 4 is 11.9 Å². The van der Waals surface area contributed by atoms with Gasteiger partial charge in [0.15, 0.2) is 23.0 Å². The molecule has 0 aromatic heterocycles. The van der Waals surface area contributed by atoms with Gasteiger partial charge in [0, 0.05) is 13.8 Å². The summed E-state index contributed by atoms with van der Waals surface area (Å²) in [7, 11) is 0. The Balaban J connectivity index is 0.000000434. The number of para-hydroxylation sites is 4. The number of hydrogen-bond acceptors (Lipinski definition) is 6. The zero-order valence-electron chi connectivity index (χ0n) is 18.4. The van der Waals surface area contributed by atoms with E-state index in [0.29, 0.717) is 0 Å². The molecule has 0 spiro atoms. The van der Waals surface area contributed by atoms with Crippen LogP contribution in [0.15, 0.2) is 109 Å². The fraction of sp³-hybridized carbons (Fsp3) is 0.0769. The fourth-order valence-electron chi connectivity index (χ4n) is 2.04. The molecule has 0 aliphatic carbocycles. The van der Waals surface area contributed by atoms with Crippen molar-refractivity contribution in [2.24, 2.45) is 0 Å². The Labute approximate surface area is 212 Å². The van der Waals surface area contributed by atoms with Crippen molar-refractivity contribution in [3.05, 3.63) is 109 Å². The summed E-state index contributed by atoms with van der Waals surface area (Å²) < 4.78 is 9.31. The molecule has 0 amide bonds. The minimum Gasteiger partial charge on any atom is -0.504 e. The number of carbonyl (C=O) groups excluding carboxylic acids is 2. The smallest absolute Gasteiger partial charge is 0.504 e. The van der Waals surface area contributed by atoms with E-state index in [-0.39, 0.29) is 49.2 Å². The molecule has 4 aromatic carbocycles. The minimum atomic E-state index is -0.438. The maximum Gasteiger partial charge on any atom is 2.00 e. The van der Waals surface area contributed by atoms with Gasteiger partial charge in [0.05, 0.1) is 0 Å². The summed E-state index contributed by atoms with van der Waals surface area (Å²) in [5.74, 6) is -0.539. The van der Waals surface area contributed by atoms with Gasteiger partial charge in [-0.15, -0.1) is 0 Å². The number of carbonyl (C=O) groups is 2. The molecule has 0 heterocycles. The maximum absolute atomic E-state index is 10.4. The van der Waals surface area contributed by atoms with Gasteiger partial charge in [-0.3, -0.25) is 9.59 Å². The predicted octanol–water partition coefficient (Wildman–Crippen LogP) is 5.44. The second-order valence-electron chi connectivity index (χ2n) is 6.05. The average Bonchev–Trinajstić information content (AvgIpc) is 3.51. The van der Waals surface area contributed by atoms with Crippen LogP contribution < -0.4 is 9.47 Å². The van der Waals surface area contributed by atoms with E-state index in [9.17, 15) is 9.59 Å². The molecule has 170 valence electrons. The maximum atomic E-state index is 10.4. The summed E-state index contributed by atoms with van der Waals surface area (Å²) in [6, 6.07) is 32.6. The molecular formula is C26H26O6Zr. The van der Waals surface area contributed by atoms with E-state index in [0.717, 1.165) is 0 Å². The standard InChI is InChI=1S/2C8H8O3.2C5H5.Zr/c2*1-6(9)11-8-5-3-2-4-7(8)10;2*1-2-4-5-3-1;/h2*2-5,10H,1H3;2*1-5H;/q;;2*-1;+2. The van der Waals surface area contributed by atoms with Crippen LogP contribution in [-0.2, 0) is 35.8 Å². The molecule has 0 fully saturated rings. The van der Waals surface area contributed by atoms with Gasteiger partial charge >= 0.3 is 38.1 Å². The second kappa shape index (κ2) is 18.2. The molecule has 0 bridgehead atoms. The second-order valence-corrected chi connectivity index (χ2v) is 6.05. The molecule has 2 N–H and O–H groups in total. The van der Waals surface area contributed by atoms with Crippen LogP contribution in [0.3, 0.4) is 0 Å². The van der Waals surface area contributed by atoms with Crippen molar-refractivity contribution in [1.82, 2.24) is 0 Å². The van der Waals surface area contributed by atoms with Crippen molar-refractivity contribution in [2.75, 3.05) is 0 Å². The Bertz CT molecular complexity index is 893. The number of esters is 2. The molecule has 0 aliphatic rings. The first-order valence-electron chi connectivity index (χ1n) is 9.66. The van der Waals surface area contributed by atoms with E-state index in [1.165, 1.54) is 38.1 Å². The summed E-state index contributed by atoms with van der Waals surface area (Å²) in [5, 5.41) is 18.2. The van der Waals surface area contributed by atoms with Crippen LogP contribution in [-0.4, -0.2) is 22.2 Å². The molecule has 0 saturated carbocycles. The van der Waals surface area contributed by atoms with Gasteiger partial charge < -0.3 is 19.7 Å². The van der Waals surface area contributed by atoms with Crippen LogP contribution in [0, 0.1) is 0 Å². The Morgan fingerprint density at radius 2 is 0.909 bits per heavy atom. The molecule has 6 nitrogen and oxygen atoms in total. The first-order chi connectivity index (χ1) is 15.4. The van der Waals surface area contributed by atoms with Gasteiger partial charge in [0.2, 0.25) is 0 Å². The van der Waals surface area contributed by atoms with Crippen LogP contribution in [0.5, 0.6) is 23.0 Å². The number of rotatable bonds is 2. The third kappa shape index (κ3) is 15.1. The van der Waals surface area contributed by atoms with Crippen molar-refractivity contribution in [3.63, 3.8) is 0 Å². The topological polar surface area (TPSA) is 93.1 Å². The van der Waals surface area contributed by atoms with E-state index in [2.05, 4.69) is 9.47 Å². The molecule has 4 rings (SSSR count). The van der Waals surface area contributed by atoms with E-state index in [1.54, 1.807) is 24.3 Å². The molecule has 7 heteroatoms. The van der Waals surface area contributed by atoms with E-state index in [1.807, 2.05) is 60.7 Å². The Morgan fingerprint density at radius 1 is 0.606 bits per heavy atom. The number of benzene rings is 2. The van der Waals surface area contributed by atoms with Crippen molar-refractivity contribution in [1.29, 1.82) is 0 Å². The predicted molar refractivity (Wildman–Crippen MR) is 123 cm³/mol. The third-order valence-corrected chi connectivity index (χ3v) is 3.35. The fourth-order valence-corrected chi connectivity index (χ4v) is 2.04. The third-order valence-electron chi connectivity index (χ3n) is 3.35. The monoisotopic (exact) mass is 524 g/mol.